The molecule has 3 aromatic rings. The van der Waals surface area contributed by atoms with Crippen molar-refractivity contribution in [1.82, 2.24) is 10.3 Å². The first-order chi connectivity index (χ1) is 18.8. The molecule has 0 bridgehead atoms. The fourth-order valence-electron chi connectivity index (χ4n) is 3.65. The van der Waals surface area contributed by atoms with Crippen molar-refractivity contribution >= 4 is 5.91 Å². The number of carbonyl (C=O) groups is 1. The molecule has 0 aliphatic heterocycles. The smallest absolute Gasteiger partial charge is 0.424 e. The highest BCUT2D eigenvalue weighted by Gasteiger charge is 2.56. The van der Waals surface area contributed by atoms with E-state index >= 15 is 0 Å². The van der Waals surface area contributed by atoms with E-state index in [4.69, 9.17) is 20.3 Å². The van der Waals surface area contributed by atoms with Gasteiger partial charge in [0.05, 0.1) is 37.2 Å². The predicted octanol–water partition coefficient (Wildman–Crippen LogP) is 3.59. The van der Waals surface area contributed by atoms with E-state index in [9.17, 15) is 31.9 Å². The molecule has 0 saturated carbocycles. The number of methoxy groups -OCH3 is 1. The maximum Gasteiger partial charge on any atom is 0.424 e. The van der Waals surface area contributed by atoms with E-state index in [1.807, 2.05) is 0 Å². The first kappa shape index (κ1) is 30.7. The molecule has 1 amide bonds. The average molecular weight is 570 g/mol. The van der Waals surface area contributed by atoms with Gasteiger partial charge in [-0.05, 0) is 67.1 Å². The van der Waals surface area contributed by atoms with Crippen LogP contribution < -0.4 is 20.5 Å². The fourth-order valence-corrected chi connectivity index (χ4v) is 3.65. The monoisotopic (exact) mass is 569 g/mol. The van der Waals surface area contributed by atoms with Gasteiger partial charge < -0.3 is 30.7 Å². The Balaban J connectivity index is 2.02. The Morgan fingerprint density at radius 3 is 2.33 bits per heavy atom. The zero-order chi connectivity index (χ0) is 29.7. The average Bonchev–Trinajstić information content (AvgIpc) is 2.93. The van der Waals surface area contributed by atoms with Gasteiger partial charge in [-0.2, -0.15) is 13.2 Å². The first-order valence-corrected chi connectivity index (χ1v) is 11.9. The van der Waals surface area contributed by atoms with Crippen LogP contribution in [0.15, 0.2) is 54.6 Å². The molecule has 0 aliphatic rings. The van der Waals surface area contributed by atoms with Crippen LogP contribution in [-0.4, -0.2) is 60.8 Å². The second-order valence-electron chi connectivity index (χ2n) is 9.16. The minimum absolute atomic E-state index is 0.0588. The summed E-state index contributed by atoms with van der Waals surface area (Å²) < 4.78 is 80.7. The highest BCUT2D eigenvalue weighted by Crippen LogP contribution is 2.40. The number of aliphatic hydroxyl groups excluding tert-OH is 1. The lowest BCUT2D eigenvalue weighted by molar-refractivity contribution is -0.265. The van der Waals surface area contributed by atoms with Crippen LogP contribution in [0.2, 0.25) is 0 Å². The third kappa shape index (κ3) is 6.66. The summed E-state index contributed by atoms with van der Waals surface area (Å²) in [5.41, 5.74) is -0.637. The van der Waals surface area contributed by atoms with E-state index in [0.29, 0.717) is 0 Å². The van der Waals surface area contributed by atoms with Crippen LogP contribution in [0.5, 0.6) is 11.5 Å². The van der Waals surface area contributed by atoms with Crippen molar-refractivity contribution in [1.29, 1.82) is 0 Å². The highest BCUT2D eigenvalue weighted by atomic mass is 19.4. The Labute approximate surface area is 226 Å². The second kappa shape index (κ2) is 12.1. The van der Waals surface area contributed by atoms with E-state index in [2.05, 4.69) is 10.3 Å². The van der Waals surface area contributed by atoms with E-state index in [1.54, 1.807) is 0 Å². The summed E-state index contributed by atoms with van der Waals surface area (Å²) in [5.74, 6) is -1.32. The third-order valence-corrected chi connectivity index (χ3v) is 6.07. The number of hydrogen-bond acceptors (Lipinski definition) is 7. The molecular weight excluding hydrogens is 541 g/mol. The number of hydrogen-bond donors (Lipinski definition) is 4. The quantitative estimate of drug-likeness (QED) is 0.260. The number of nitrogens with one attached hydrogen (secondary N) is 1. The van der Waals surface area contributed by atoms with Gasteiger partial charge in [0.1, 0.15) is 19.1 Å². The molecule has 0 radical (unpaired) electrons. The summed E-state index contributed by atoms with van der Waals surface area (Å²) in [6.45, 7) is -1.61. The number of nitrogens with zero attached hydrogens (tertiary/aromatic N) is 1. The summed E-state index contributed by atoms with van der Waals surface area (Å²) in [5, 5.41) is 21.9. The number of aromatic nitrogens is 1. The number of carbonyl (C=O) groups excluding carboxylic acids is 1. The molecule has 2 aromatic carbocycles. The van der Waals surface area contributed by atoms with Crippen molar-refractivity contribution in [2.24, 2.45) is 5.73 Å². The van der Waals surface area contributed by atoms with Crippen LogP contribution in [0, 0.1) is 5.82 Å². The molecule has 5 N–H and O–H groups in total. The van der Waals surface area contributed by atoms with Gasteiger partial charge in [0.2, 0.25) is 5.60 Å². The molecule has 0 spiro atoms. The standard InChI is InChI=1S/C27H28F5N3O5/c1-25(33,14-28)18-12-20(16-3-6-19(29)7-4-16)35-23(13-18)26(38,27(30,31)32)15-34-24(37)17-5-8-21(40-10-9-36)22(11-17)39-2/h3-8,11-13,36,38H,9-10,14-15,33H2,1-2H3,(H,34,37). The zero-order valence-corrected chi connectivity index (χ0v) is 21.6. The Kier molecular flexibility index (Phi) is 9.33. The number of aliphatic hydroxyl groups is 2. The topological polar surface area (TPSA) is 127 Å². The van der Waals surface area contributed by atoms with Gasteiger partial charge in [-0.3, -0.25) is 4.79 Å². The molecule has 2 atom stereocenters. The molecule has 40 heavy (non-hydrogen) atoms. The molecular formula is C27H28F5N3O5. The number of amides is 1. The fraction of sp³-hybridized carbons (Fsp3) is 0.333. The molecule has 0 fully saturated rings. The Hall–Kier alpha value is -3.81. The highest BCUT2D eigenvalue weighted by molar-refractivity contribution is 5.95. The number of ether oxygens (including phenoxy) is 2. The molecule has 8 nitrogen and oxygen atoms in total. The van der Waals surface area contributed by atoms with Gasteiger partial charge in [-0.15, -0.1) is 0 Å². The Morgan fingerprint density at radius 1 is 1.07 bits per heavy atom. The van der Waals surface area contributed by atoms with Gasteiger partial charge in [0, 0.05) is 11.1 Å². The largest absolute Gasteiger partial charge is 0.493 e. The van der Waals surface area contributed by atoms with Crippen LogP contribution in [0.4, 0.5) is 22.0 Å². The predicted molar refractivity (Wildman–Crippen MR) is 135 cm³/mol. The number of pyridine rings is 1. The van der Waals surface area contributed by atoms with Gasteiger partial charge in [0.15, 0.2) is 11.5 Å². The van der Waals surface area contributed by atoms with E-state index in [0.717, 1.165) is 18.2 Å². The van der Waals surface area contributed by atoms with Gasteiger partial charge in [0.25, 0.3) is 5.91 Å². The number of benzene rings is 2. The third-order valence-electron chi connectivity index (χ3n) is 6.07. The molecule has 1 aromatic heterocycles. The van der Waals surface area contributed by atoms with E-state index in [-0.39, 0.29) is 47.1 Å². The van der Waals surface area contributed by atoms with Crippen molar-refractivity contribution in [3.8, 4) is 22.8 Å². The minimum Gasteiger partial charge on any atom is -0.493 e. The summed E-state index contributed by atoms with van der Waals surface area (Å²) in [6, 6.07) is 10.5. The SMILES string of the molecule is COc1cc(C(=O)NCC(O)(c2cc(C(C)(N)CF)cc(-c3ccc(F)cc3)n2)C(F)(F)F)ccc1OCCO. The van der Waals surface area contributed by atoms with Crippen molar-refractivity contribution < 1.29 is 46.4 Å². The van der Waals surface area contributed by atoms with Crippen molar-refractivity contribution in [2.75, 3.05) is 33.5 Å². The normalized spacial score (nSPS) is 14.7. The van der Waals surface area contributed by atoms with Crippen LogP contribution in [-0.2, 0) is 11.1 Å². The maximum atomic E-state index is 14.4. The molecule has 2 unspecified atom stereocenters. The minimum atomic E-state index is -5.35. The summed E-state index contributed by atoms with van der Waals surface area (Å²) >= 11 is 0. The lowest BCUT2D eigenvalue weighted by Crippen LogP contribution is -2.52. The van der Waals surface area contributed by atoms with E-state index < -0.39 is 48.0 Å². The lowest BCUT2D eigenvalue weighted by atomic mass is 9.89. The maximum absolute atomic E-state index is 14.4. The summed E-state index contributed by atoms with van der Waals surface area (Å²) in [7, 11) is 1.28. The first-order valence-electron chi connectivity index (χ1n) is 11.9. The Morgan fingerprint density at radius 2 is 1.75 bits per heavy atom. The number of nitrogens with two attached hydrogens (primary N) is 1. The Bertz CT molecular complexity index is 1340. The van der Waals surface area contributed by atoms with Gasteiger partial charge >= 0.3 is 6.18 Å². The van der Waals surface area contributed by atoms with Crippen LogP contribution in [0.1, 0.15) is 28.5 Å². The summed E-state index contributed by atoms with van der Waals surface area (Å²) in [6.07, 6.45) is -5.35. The second-order valence-corrected chi connectivity index (χ2v) is 9.16. The zero-order valence-electron chi connectivity index (χ0n) is 21.6. The van der Waals surface area contributed by atoms with Crippen molar-refractivity contribution in [3.63, 3.8) is 0 Å². The summed E-state index contributed by atoms with van der Waals surface area (Å²) in [4.78, 5) is 16.7. The van der Waals surface area contributed by atoms with Crippen molar-refractivity contribution in [2.45, 2.75) is 24.2 Å². The van der Waals surface area contributed by atoms with Gasteiger partial charge in [-0.25, -0.2) is 13.8 Å². The van der Waals surface area contributed by atoms with Gasteiger partial charge in [-0.1, -0.05) is 0 Å². The number of rotatable bonds is 11. The van der Waals surface area contributed by atoms with Crippen LogP contribution >= 0.6 is 0 Å². The molecule has 1 heterocycles. The number of alkyl halides is 4. The van der Waals surface area contributed by atoms with Crippen LogP contribution in [0.25, 0.3) is 11.3 Å². The van der Waals surface area contributed by atoms with Crippen LogP contribution in [0.3, 0.4) is 0 Å². The van der Waals surface area contributed by atoms with E-state index in [1.165, 1.54) is 50.4 Å². The molecule has 3 rings (SSSR count). The lowest BCUT2D eigenvalue weighted by Gasteiger charge is -2.32. The van der Waals surface area contributed by atoms with Crippen molar-refractivity contribution in [3.05, 3.63) is 77.2 Å². The molecule has 13 heteroatoms. The molecule has 216 valence electrons. The molecule has 0 saturated heterocycles. The number of halogens is 5. The molecule has 0 aliphatic carbocycles.